The second-order valence-electron chi connectivity index (χ2n) is 4.99. The van der Waals surface area contributed by atoms with Crippen LogP contribution in [0.4, 0.5) is 11.5 Å². The molecule has 0 aliphatic rings. The second kappa shape index (κ2) is 4.76. The molecule has 0 radical (unpaired) electrons. The highest BCUT2D eigenvalue weighted by Crippen LogP contribution is 2.29. The van der Waals surface area contributed by atoms with Crippen molar-refractivity contribution in [2.75, 3.05) is 5.32 Å². The maximum Gasteiger partial charge on any atom is 0.160 e. The van der Waals surface area contributed by atoms with Gasteiger partial charge in [0.05, 0.1) is 5.52 Å². The van der Waals surface area contributed by atoms with Gasteiger partial charge in [0.15, 0.2) is 5.82 Å². The van der Waals surface area contributed by atoms with E-state index in [1.807, 2.05) is 30.3 Å². The molecule has 0 amide bonds. The van der Waals surface area contributed by atoms with Crippen molar-refractivity contribution in [3.8, 4) is 0 Å². The highest BCUT2D eigenvalue weighted by Gasteiger charge is 2.10. The first-order chi connectivity index (χ1) is 9.25. The fourth-order valence-electron chi connectivity index (χ4n) is 2.30. The van der Waals surface area contributed by atoms with Gasteiger partial charge in [-0.3, -0.25) is 5.10 Å². The average molecular weight is 251 g/mol. The third-order valence-corrected chi connectivity index (χ3v) is 3.29. The first-order valence-electron chi connectivity index (χ1n) is 6.55. The van der Waals surface area contributed by atoms with Gasteiger partial charge in [-0.15, -0.1) is 0 Å². The normalized spacial score (nSPS) is 11.1. The Morgan fingerprint density at radius 2 is 1.79 bits per heavy atom. The number of aromatic nitrogens is 2. The largest absolute Gasteiger partial charge is 0.338 e. The Hall–Kier alpha value is -2.29. The zero-order valence-electron chi connectivity index (χ0n) is 11.1. The number of rotatable bonds is 3. The standard InChI is InChI=1S/C16H17N3/c1-11(2)13-9-6-10-14-15(13)18-19-16(14)17-12-7-4-3-5-8-12/h3-11H,1-2H3,(H2,17,18,19). The molecule has 96 valence electrons. The molecule has 0 saturated heterocycles. The van der Waals surface area contributed by atoms with Crippen molar-refractivity contribution < 1.29 is 0 Å². The SMILES string of the molecule is CC(C)c1cccc2c(Nc3ccccc3)n[nH]c12. The summed E-state index contributed by atoms with van der Waals surface area (Å²) >= 11 is 0. The van der Waals surface area contributed by atoms with Gasteiger partial charge in [0.25, 0.3) is 0 Å². The van der Waals surface area contributed by atoms with Crippen molar-refractivity contribution >= 4 is 22.4 Å². The summed E-state index contributed by atoms with van der Waals surface area (Å²) in [5, 5.41) is 12.0. The van der Waals surface area contributed by atoms with Crippen molar-refractivity contribution in [3.05, 3.63) is 54.1 Å². The number of hydrogen-bond acceptors (Lipinski definition) is 2. The van der Waals surface area contributed by atoms with Gasteiger partial charge in [-0.25, -0.2) is 0 Å². The quantitative estimate of drug-likeness (QED) is 0.723. The van der Waals surface area contributed by atoms with Crippen molar-refractivity contribution in [1.82, 2.24) is 10.2 Å². The number of benzene rings is 2. The molecule has 3 nitrogen and oxygen atoms in total. The minimum Gasteiger partial charge on any atom is -0.338 e. The van der Waals surface area contributed by atoms with Crippen LogP contribution in [0.25, 0.3) is 10.9 Å². The summed E-state index contributed by atoms with van der Waals surface area (Å²) in [5.41, 5.74) is 3.47. The van der Waals surface area contributed by atoms with Crippen LogP contribution < -0.4 is 5.32 Å². The van der Waals surface area contributed by atoms with E-state index in [9.17, 15) is 0 Å². The Kier molecular flexibility index (Phi) is 2.95. The van der Waals surface area contributed by atoms with Crippen molar-refractivity contribution in [3.63, 3.8) is 0 Å². The van der Waals surface area contributed by atoms with Crippen LogP contribution in [-0.2, 0) is 0 Å². The Morgan fingerprint density at radius 1 is 1.00 bits per heavy atom. The minimum absolute atomic E-state index is 0.480. The van der Waals surface area contributed by atoms with Gasteiger partial charge >= 0.3 is 0 Å². The van der Waals surface area contributed by atoms with Gasteiger partial charge < -0.3 is 5.32 Å². The van der Waals surface area contributed by atoms with Crippen molar-refractivity contribution in [2.24, 2.45) is 0 Å². The lowest BCUT2D eigenvalue weighted by molar-refractivity contribution is 0.871. The van der Waals surface area contributed by atoms with E-state index in [1.54, 1.807) is 0 Å². The van der Waals surface area contributed by atoms with Gasteiger partial charge in [-0.1, -0.05) is 44.2 Å². The number of para-hydroxylation sites is 2. The maximum atomic E-state index is 4.40. The fourth-order valence-corrected chi connectivity index (χ4v) is 2.30. The smallest absolute Gasteiger partial charge is 0.160 e. The van der Waals surface area contributed by atoms with Crippen LogP contribution in [0.2, 0.25) is 0 Å². The second-order valence-corrected chi connectivity index (χ2v) is 4.99. The summed E-state index contributed by atoms with van der Waals surface area (Å²) < 4.78 is 0. The van der Waals surface area contributed by atoms with E-state index in [0.29, 0.717) is 5.92 Å². The molecule has 1 aromatic heterocycles. The van der Waals surface area contributed by atoms with E-state index in [4.69, 9.17) is 0 Å². The van der Waals surface area contributed by atoms with Gasteiger partial charge in [0.2, 0.25) is 0 Å². The minimum atomic E-state index is 0.480. The van der Waals surface area contributed by atoms with E-state index >= 15 is 0 Å². The van der Waals surface area contributed by atoms with Crippen LogP contribution in [0.5, 0.6) is 0 Å². The summed E-state index contributed by atoms with van der Waals surface area (Å²) in [6, 6.07) is 16.4. The third kappa shape index (κ3) is 2.19. The van der Waals surface area contributed by atoms with E-state index in [1.165, 1.54) is 5.56 Å². The Bertz CT molecular complexity index is 684. The molecule has 2 aromatic carbocycles. The molecule has 2 N–H and O–H groups in total. The molecule has 0 aliphatic heterocycles. The number of nitrogens with one attached hydrogen (secondary N) is 2. The van der Waals surface area contributed by atoms with Gasteiger partial charge in [-0.05, 0) is 29.7 Å². The number of anilines is 2. The highest BCUT2D eigenvalue weighted by molar-refractivity contribution is 5.93. The van der Waals surface area contributed by atoms with E-state index in [0.717, 1.165) is 22.4 Å². The molecule has 0 unspecified atom stereocenters. The fraction of sp³-hybridized carbons (Fsp3) is 0.188. The number of H-pyrrole nitrogens is 1. The monoisotopic (exact) mass is 251 g/mol. The molecule has 3 heteroatoms. The summed E-state index contributed by atoms with van der Waals surface area (Å²) in [4.78, 5) is 0. The van der Waals surface area contributed by atoms with E-state index < -0.39 is 0 Å². The van der Waals surface area contributed by atoms with Crippen LogP contribution in [0, 0.1) is 0 Å². The van der Waals surface area contributed by atoms with Crippen LogP contribution in [0.1, 0.15) is 25.3 Å². The molecule has 0 saturated carbocycles. The van der Waals surface area contributed by atoms with Crippen LogP contribution in [0.15, 0.2) is 48.5 Å². The number of nitrogens with zero attached hydrogens (tertiary/aromatic N) is 1. The predicted octanol–water partition coefficient (Wildman–Crippen LogP) is 4.43. The summed E-state index contributed by atoms with van der Waals surface area (Å²) in [7, 11) is 0. The first-order valence-corrected chi connectivity index (χ1v) is 6.55. The van der Waals surface area contributed by atoms with Crippen molar-refractivity contribution in [1.29, 1.82) is 0 Å². The Balaban J connectivity index is 2.04. The van der Waals surface area contributed by atoms with Gasteiger partial charge in [0.1, 0.15) is 0 Å². The molecule has 0 atom stereocenters. The first kappa shape index (κ1) is 11.8. The molecule has 0 aliphatic carbocycles. The van der Waals surface area contributed by atoms with E-state index in [2.05, 4.69) is 47.6 Å². The zero-order valence-corrected chi connectivity index (χ0v) is 11.1. The predicted molar refractivity (Wildman–Crippen MR) is 79.9 cm³/mol. The topological polar surface area (TPSA) is 40.7 Å². The highest BCUT2D eigenvalue weighted by atomic mass is 15.2. The number of aromatic amines is 1. The summed E-state index contributed by atoms with van der Waals surface area (Å²) in [6.45, 7) is 4.39. The Morgan fingerprint density at radius 3 is 2.53 bits per heavy atom. The lowest BCUT2D eigenvalue weighted by Crippen LogP contribution is -1.90. The molecule has 0 spiro atoms. The molecular weight excluding hydrogens is 234 g/mol. The van der Waals surface area contributed by atoms with Crippen molar-refractivity contribution in [2.45, 2.75) is 19.8 Å². The molecule has 0 bridgehead atoms. The lowest BCUT2D eigenvalue weighted by Gasteiger charge is -2.06. The summed E-state index contributed by atoms with van der Waals surface area (Å²) in [5.74, 6) is 1.36. The van der Waals surface area contributed by atoms with Crippen LogP contribution in [-0.4, -0.2) is 10.2 Å². The van der Waals surface area contributed by atoms with Gasteiger partial charge in [-0.2, -0.15) is 5.10 Å². The molecule has 1 heterocycles. The molecule has 0 fully saturated rings. The van der Waals surface area contributed by atoms with Gasteiger partial charge in [0, 0.05) is 11.1 Å². The van der Waals surface area contributed by atoms with Crippen LogP contribution >= 0.6 is 0 Å². The molecule has 3 rings (SSSR count). The molecule has 19 heavy (non-hydrogen) atoms. The third-order valence-electron chi connectivity index (χ3n) is 3.29. The van der Waals surface area contributed by atoms with Crippen LogP contribution in [0.3, 0.4) is 0 Å². The number of hydrogen-bond donors (Lipinski definition) is 2. The summed E-state index contributed by atoms with van der Waals surface area (Å²) in [6.07, 6.45) is 0. The average Bonchev–Trinajstić information content (AvgIpc) is 2.83. The number of fused-ring (bicyclic) bond motifs is 1. The molecular formula is C16H17N3. The zero-order chi connectivity index (χ0) is 13.2. The molecule has 3 aromatic rings. The van der Waals surface area contributed by atoms with E-state index in [-0.39, 0.29) is 0 Å². The lowest BCUT2D eigenvalue weighted by atomic mass is 10.0. The maximum absolute atomic E-state index is 4.40. The Labute approximate surface area is 112 Å².